The van der Waals surface area contributed by atoms with Gasteiger partial charge in [-0.1, -0.05) is 23.7 Å². The fraction of sp³-hybridized carbons (Fsp3) is 0.118. The molecule has 1 aliphatic rings. The van der Waals surface area contributed by atoms with Crippen LogP contribution in [0.1, 0.15) is 21.9 Å². The quantitative estimate of drug-likeness (QED) is 0.593. The van der Waals surface area contributed by atoms with Gasteiger partial charge in [0.05, 0.1) is 18.6 Å². The Balaban J connectivity index is 1.77. The molecule has 0 N–H and O–H groups in total. The highest BCUT2D eigenvalue weighted by Crippen LogP contribution is 2.33. The predicted octanol–water partition coefficient (Wildman–Crippen LogP) is 3.96. The van der Waals surface area contributed by atoms with Gasteiger partial charge in [-0.3, -0.25) is 14.5 Å². The fourth-order valence-corrected chi connectivity index (χ4v) is 3.25. The van der Waals surface area contributed by atoms with Crippen molar-refractivity contribution >= 4 is 46.6 Å². The summed E-state index contributed by atoms with van der Waals surface area (Å²) in [6.45, 7) is -0.0610. The molecule has 0 atom stereocenters. The molecule has 0 unspecified atom stereocenters. The van der Waals surface area contributed by atoms with Crippen LogP contribution in [0, 0.1) is 0 Å². The number of hydrogen-bond donors (Lipinski definition) is 0. The molecule has 1 aromatic heterocycles. The molecule has 0 saturated carbocycles. The summed E-state index contributed by atoms with van der Waals surface area (Å²) < 4.78 is 9.85. The molecule has 0 aliphatic carbocycles. The van der Waals surface area contributed by atoms with E-state index in [1.165, 1.54) is 19.2 Å². The van der Waals surface area contributed by atoms with Crippen molar-refractivity contribution in [1.82, 2.24) is 4.90 Å². The molecule has 0 radical (unpaired) electrons. The van der Waals surface area contributed by atoms with Crippen LogP contribution in [0.25, 0.3) is 6.08 Å². The van der Waals surface area contributed by atoms with Crippen LogP contribution < -0.4 is 0 Å². The number of methoxy groups -OCH3 is 1. The standard InChI is InChI=1S/C17H12ClNO5S/c1-23-16(21)13-6-5-12(24-13)9-19-15(20)14(25-17(19)22)8-10-3-2-4-11(18)7-10/h2-8H,9H2,1H3/b14-8+. The molecule has 0 bridgehead atoms. The normalized spacial score (nSPS) is 15.9. The summed E-state index contributed by atoms with van der Waals surface area (Å²) in [4.78, 5) is 37.3. The van der Waals surface area contributed by atoms with Crippen molar-refractivity contribution in [2.24, 2.45) is 0 Å². The van der Waals surface area contributed by atoms with Crippen LogP contribution in [0.3, 0.4) is 0 Å². The highest BCUT2D eigenvalue weighted by Gasteiger charge is 2.35. The van der Waals surface area contributed by atoms with E-state index < -0.39 is 17.1 Å². The molecule has 6 nitrogen and oxygen atoms in total. The van der Waals surface area contributed by atoms with E-state index in [2.05, 4.69) is 4.74 Å². The van der Waals surface area contributed by atoms with Gasteiger partial charge in [0.25, 0.3) is 11.1 Å². The lowest BCUT2D eigenvalue weighted by Crippen LogP contribution is -2.27. The third-order valence-electron chi connectivity index (χ3n) is 3.38. The third-order valence-corrected chi connectivity index (χ3v) is 4.52. The average molecular weight is 378 g/mol. The van der Waals surface area contributed by atoms with Crippen LogP contribution in [-0.4, -0.2) is 29.1 Å². The van der Waals surface area contributed by atoms with Crippen molar-refractivity contribution in [3.63, 3.8) is 0 Å². The lowest BCUT2D eigenvalue weighted by molar-refractivity contribution is -0.123. The Labute approximate surface area is 152 Å². The lowest BCUT2D eigenvalue weighted by Gasteiger charge is -2.09. The average Bonchev–Trinajstić information content (AvgIpc) is 3.15. The molecule has 25 heavy (non-hydrogen) atoms. The van der Waals surface area contributed by atoms with Crippen LogP contribution >= 0.6 is 23.4 Å². The third kappa shape index (κ3) is 3.78. The smallest absolute Gasteiger partial charge is 0.373 e. The molecular weight excluding hydrogens is 366 g/mol. The zero-order chi connectivity index (χ0) is 18.0. The first-order valence-corrected chi connectivity index (χ1v) is 8.35. The van der Waals surface area contributed by atoms with E-state index in [1.807, 2.05) is 0 Å². The number of halogens is 1. The van der Waals surface area contributed by atoms with Gasteiger partial charge < -0.3 is 9.15 Å². The Morgan fingerprint density at radius 2 is 2.12 bits per heavy atom. The van der Waals surface area contributed by atoms with E-state index in [1.54, 1.807) is 30.3 Å². The number of thioether (sulfide) groups is 1. The number of amides is 2. The lowest BCUT2D eigenvalue weighted by atomic mass is 10.2. The molecule has 1 aromatic carbocycles. The minimum atomic E-state index is -0.624. The van der Waals surface area contributed by atoms with Crippen molar-refractivity contribution in [3.8, 4) is 0 Å². The van der Waals surface area contributed by atoms with Crippen LogP contribution in [0.2, 0.25) is 5.02 Å². The fourth-order valence-electron chi connectivity index (χ4n) is 2.21. The molecule has 2 amide bonds. The van der Waals surface area contributed by atoms with Crippen molar-refractivity contribution in [1.29, 1.82) is 0 Å². The van der Waals surface area contributed by atoms with E-state index >= 15 is 0 Å². The number of nitrogens with zero attached hydrogens (tertiary/aromatic N) is 1. The second-order valence-corrected chi connectivity index (χ2v) is 6.51. The molecule has 2 heterocycles. The molecular formula is C17H12ClNO5S. The maximum Gasteiger partial charge on any atom is 0.373 e. The van der Waals surface area contributed by atoms with E-state index in [4.69, 9.17) is 16.0 Å². The first-order chi connectivity index (χ1) is 12.0. The van der Waals surface area contributed by atoms with Crippen LogP contribution in [0.4, 0.5) is 4.79 Å². The molecule has 3 rings (SSSR count). The second-order valence-electron chi connectivity index (χ2n) is 5.08. The summed E-state index contributed by atoms with van der Waals surface area (Å²) in [5, 5.41) is 0.133. The topological polar surface area (TPSA) is 76.8 Å². The number of carbonyl (C=O) groups is 3. The first-order valence-electron chi connectivity index (χ1n) is 7.16. The van der Waals surface area contributed by atoms with Crippen molar-refractivity contribution in [2.75, 3.05) is 7.11 Å². The van der Waals surface area contributed by atoms with Crippen molar-refractivity contribution in [3.05, 3.63) is 63.4 Å². The number of ether oxygens (including phenoxy) is 1. The summed E-state index contributed by atoms with van der Waals surface area (Å²) in [5.74, 6) is -0.724. The summed E-state index contributed by atoms with van der Waals surface area (Å²) in [6.07, 6.45) is 1.61. The van der Waals surface area contributed by atoms with Gasteiger partial charge in [0.2, 0.25) is 5.76 Å². The SMILES string of the molecule is COC(=O)c1ccc(CN2C(=O)S/C(=C/c3cccc(Cl)c3)C2=O)o1. The number of hydrogen-bond acceptors (Lipinski definition) is 6. The van der Waals surface area contributed by atoms with Gasteiger partial charge in [0.1, 0.15) is 5.76 Å². The Morgan fingerprint density at radius 3 is 2.84 bits per heavy atom. The number of furan rings is 1. The molecule has 1 saturated heterocycles. The molecule has 128 valence electrons. The maximum absolute atomic E-state index is 12.5. The molecule has 8 heteroatoms. The van der Waals surface area contributed by atoms with Gasteiger partial charge >= 0.3 is 5.97 Å². The van der Waals surface area contributed by atoms with Crippen molar-refractivity contribution < 1.29 is 23.5 Å². The summed E-state index contributed by atoms with van der Waals surface area (Å²) in [6, 6.07) is 9.92. The Hall–Kier alpha value is -2.51. The molecule has 2 aromatic rings. The van der Waals surface area contributed by atoms with Crippen LogP contribution in [0.5, 0.6) is 0 Å². The minimum absolute atomic E-state index is 0.0129. The van der Waals surface area contributed by atoms with Gasteiger partial charge in [-0.25, -0.2) is 4.79 Å². The second kappa shape index (κ2) is 7.16. The van der Waals surface area contributed by atoms with Crippen LogP contribution in [-0.2, 0) is 16.1 Å². The molecule has 1 fully saturated rings. The van der Waals surface area contributed by atoms with Gasteiger partial charge in [-0.15, -0.1) is 0 Å². The number of rotatable bonds is 4. The number of imide groups is 1. The van der Waals surface area contributed by atoms with Gasteiger partial charge in [-0.2, -0.15) is 0 Å². The van der Waals surface area contributed by atoms with Crippen LogP contribution in [0.15, 0.2) is 45.7 Å². The largest absolute Gasteiger partial charge is 0.463 e. The predicted molar refractivity (Wildman–Crippen MR) is 93.0 cm³/mol. The first kappa shape index (κ1) is 17.3. The van der Waals surface area contributed by atoms with Gasteiger partial charge in [0.15, 0.2) is 0 Å². The van der Waals surface area contributed by atoms with E-state index in [9.17, 15) is 14.4 Å². The summed E-state index contributed by atoms with van der Waals surface area (Å²) in [5.41, 5.74) is 0.726. The van der Waals surface area contributed by atoms with Gasteiger partial charge in [0, 0.05) is 5.02 Å². The van der Waals surface area contributed by atoms with E-state index in [0.717, 1.165) is 22.2 Å². The molecule has 1 aliphatic heterocycles. The zero-order valence-electron chi connectivity index (χ0n) is 13.0. The maximum atomic E-state index is 12.5. The number of benzene rings is 1. The van der Waals surface area contributed by atoms with E-state index in [0.29, 0.717) is 15.7 Å². The zero-order valence-corrected chi connectivity index (χ0v) is 14.6. The van der Waals surface area contributed by atoms with Gasteiger partial charge in [-0.05, 0) is 47.7 Å². The monoisotopic (exact) mass is 377 g/mol. The van der Waals surface area contributed by atoms with Crippen molar-refractivity contribution in [2.45, 2.75) is 6.54 Å². The summed E-state index contributed by atoms with van der Waals surface area (Å²) in [7, 11) is 1.24. The minimum Gasteiger partial charge on any atom is -0.463 e. The summed E-state index contributed by atoms with van der Waals surface area (Å²) >= 11 is 6.76. The Bertz CT molecular complexity index is 889. The number of esters is 1. The Morgan fingerprint density at radius 1 is 1.32 bits per heavy atom. The number of carbonyl (C=O) groups excluding carboxylic acids is 3. The molecule has 0 spiro atoms. The Kier molecular flexibility index (Phi) is 4.96. The van der Waals surface area contributed by atoms with E-state index in [-0.39, 0.29) is 12.3 Å². The highest BCUT2D eigenvalue weighted by atomic mass is 35.5. The highest BCUT2D eigenvalue weighted by molar-refractivity contribution is 8.18.